The van der Waals surface area contributed by atoms with Gasteiger partial charge < -0.3 is 15.5 Å². The summed E-state index contributed by atoms with van der Waals surface area (Å²) in [5, 5.41) is 20.5. The van der Waals surface area contributed by atoms with Gasteiger partial charge in [0.2, 0.25) is 0 Å². The molecule has 0 saturated carbocycles. The second kappa shape index (κ2) is 6.54. The molecule has 1 aliphatic heterocycles. The lowest BCUT2D eigenvalue weighted by atomic mass is 10.1. The first-order chi connectivity index (χ1) is 9.19. The Kier molecular flexibility index (Phi) is 4.76. The van der Waals surface area contributed by atoms with Crippen LogP contribution in [-0.2, 0) is 6.54 Å². The number of carboxylic acid groups (broad SMARTS) is 1. The van der Waals surface area contributed by atoms with Crippen molar-refractivity contribution in [2.45, 2.75) is 19.0 Å². The molecule has 0 unspecified atom stereocenters. The van der Waals surface area contributed by atoms with Crippen LogP contribution in [0.2, 0.25) is 0 Å². The second-order valence-corrected chi connectivity index (χ2v) is 5.04. The fourth-order valence-electron chi connectivity index (χ4n) is 2.67. The Bertz CT molecular complexity index is 410. The minimum Gasteiger partial charge on any atom is -0.465 e. The number of nitrogens with zero attached hydrogens (tertiary/aromatic N) is 1. The fourth-order valence-corrected chi connectivity index (χ4v) is 2.67. The van der Waals surface area contributed by atoms with Gasteiger partial charge in [0.05, 0.1) is 6.61 Å². The number of hydrogen-bond acceptors (Lipinski definition) is 3. The molecule has 1 fully saturated rings. The fraction of sp³-hybridized carbons (Fsp3) is 0.500. The summed E-state index contributed by atoms with van der Waals surface area (Å²) >= 11 is 0. The van der Waals surface area contributed by atoms with Crippen molar-refractivity contribution in [3.05, 3.63) is 35.9 Å². The minimum absolute atomic E-state index is 0.121. The monoisotopic (exact) mass is 264 g/mol. The zero-order chi connectivity index (χ0) is 13.7. The van der Waals surface area contributed by atoms with Crippen molar-refractivity contribution in [2.75, 3.05) is 19.7 Å². The van der Waals surface area contributed by atoms with Crippen LogP contribution in [0.15, 0.2) is 30.3 Å². The van der Waals surface area contributed by atoms with Crippen LogP contribution in [-0.4, -0.2) is 46.9 Å². The SMILES string of the molecule is O=C(O)NC[C@@H]1C[C@@H](CO)N(Cc2ccccc2)C1. The van der Waals surface area contributed by atoms with Crippen LogP contribution in [0.1, 0.15) is 12.0 Å². The third kappa shape index (κ3) is 3.94. The summed E-state index contributed by atoms with van der Waals surface area (Å²) in [6.45, 7) is 2.20. The number of hydrogen-bond donors (Lipinski definition) is 3. The molecule has 1 aromatic carbocycles. The van der Waals surface area contributed by atoms with Gasteiger partial charge in [0.1, 0.15) is 0 Å². The van der Waals surface area contributed by atoms with Gasteiger partial charge in [0.25, 0.3) is 0 Å². The average Bonchev–Trinajstić information content (AvgIpc) is 2.80. The largest absolute Gasteiger partial charge is 0.465 e. The average molecular weight is 264 g/mol. The lowest BCUT2D eigenvalue weighted by Crippen LogP contribution is -2.32. The molecule has 0 spiro atoms. The molecule has 19 heavy (non-hydrogen) atoms. The molecule has 0 aliphatic carbocycles. The molecule has 104 valence electrons. The maximum absolute atomic E-state index is 10.5. The van der Waals surface area contributed by atoms with Gasteiger partial charge in [-0.1, -0.05) is 30.3 Å². The number of aliphatic hydroxyl groups is 1. The minimum atomic E-state index is -0.984. The Morgan fingerprint density at radius 2 is 2.11 bits per heavy atom. The molecule has 0 aromatic heterocycles. The number of nitrogens with one attached hydrogen (secondary N) is 1. The van der Waals surface area contributed by atoms with E-state index in [1.807, 2.05) is 18.2 Å². The van der Waals surface area contributed by atoms with Crippen LogP contribution in [0.5, 0.6) is 0 Å². The van der Waals surface area contributed by atoms with E-state index < -0.39 is 6.09 Å². The van der Waals surface area contributed by atoms with Gasteiger partial charge >= 0.3 is 6.09 Å². The quantitative estimate of drug-likeness (QED) is 0.745. The number of carbonyl (C=O) groups is 1. The van der Waals surface area contributed by atoms with Gasteiger partial charge in [-0.15, -0.1) is 0 Å². The molecule has 0 bridgehead atoms. The Hall–Kier alpha value is -1.59. The normalized spacial score (nSPS) is 23.4. The van der Waals surface area contributed by atoms with E-state index >= 15 is 0 Å². The van der Waals surface area contributed by atoms with Gasteiger partial charge in [-0.25, -0.2) is 4.79 Å². The van der Waals surface area contributed by atoms with Gasteiger partial charge in [0, 0.05) is 25.7 Å². The number of likely N-dealkylation sites (tertiary alicyclic amines) is 1. The first-order valence-corrected chi connectivity index (χ1v) is 6.54. The number of benzene rings is 1. The van der Waals surface area contributed by atoms with E-state index in [0.717, 1.165) is 19.5 Å². The lowest BCUT2D eigenvalue weighted by Gasteiger charge is -2.22. The van der Waals surface area contributed by atoms with Crippen molar-refractivity contribution in [1.82, 2.24) is 10.2 Å². The summed E-state index contributed by atoms with van der Waals surface area (Å²) in [5.74, 6) is 0.275. The van der Waals surface area contributed by atoms with Gasteiger partial charge in [-0.2, -0.15) is 0 Å². The predicted molar refractivity (Wildman–Crippen MR) is 71.9 cm³/mol. The smallest absolute Gasteiger partial charge is 0.404 e. The van der Waals surface area contributed by atoms with Gasteiger partial charge in [0.15, 0.2) is 0 Å². The van der Waals surface area contributed by atoms with E-state index in [1.165, 1.54) is 5.56 Å². The van der Waals surface area contributed by atoms with E-state index in [4.69, 9.17) is 5.11 Å². The molecule has 2 atom stereocenters. The third-order valence-corrected chi connectivity index (χ3v) is 3.60. The maximum atomic E-state index is 10.5. The van der Waals surface area contributed by atoms with E-state index in [2.05, 4.69) is 22.3 Å². The van der Waals surface area contributed by atoms with Crippen LogP contribution in [0, 0.1) is 5.92 Å². The third-order valence-electron chi connectivity index (χ3n) is 3.60. The first-order valence-electron chi connectivity index (χ1n) is 6.54. The summed E-state index contributed by atoms with van der Waals surface area (Å²) in [4.78, 5) is 12.7. The zero-order valence-electron chi connectivity index (χ0n) is 10.8. The van der Waals surface area contributed by atoms with Crippen molar-refractivity contribution >= 4 is 6.09 Å². The molecule has 3 N–H and O–H groups in total. The zero-order valence-corrected chi connectivity index (χ0v) is 10.8. The van der Waals surface area contributed by atoms with Crippen LogP contribution in [0.3, 0.4) is 0 Å². The Morgan fingerprint density at radius 1 is 1.37 bits per heavy atom. The van der Waals surface area contributed by atoms with E-state index in [9.17, 15) is 9.90 Å². The molecule has 1 aliphatic rings. The molecule has 1 amide bonds. The van der Waals surface area contributed by atoms with Crippen molar-refractivity contribution in [2.24, 2.45) is 5.92 Å². The van der Waals surface area contributed by atoms with Crippen LogP contribution in [0.4, 0.5) is 4.79 Å². The number of rotatable bonds is 5. The molecule has 2 rings (SSSR count). The second-order valence-electron chi connectivity index (χ2n) is 5.04. The van der Waals surface area contributed by atoms with Crippen LogP contribution in [0.25, 0.3) is 0 Å². The highest BCUT2D eigenvalue weighted by Gasteiger charge is 2.31. The molecule has 5 nitrogen and oxygen atoms in total. The molecule has 0 radical (unpaired) electrons. The summed E-state index contributed by atoms with van der Waals surface area (Å²) in [5.41, 5.74) is 1.22. The van der Waals surface area contributed by atoms with Crippen LogP contribution < -0.4 is 5.32 Å². The van der Waals surface area contributed by atoms with Crippen molar-refractivity contribution in [3.63, 3.8) is 0 Å². The number of aliphatic hydroxyl groups excluding tert-OH is 1. The molecular formula is C14H20N2O3. The van der Waals surface area contributed by atoms with Gasteiger partial charge in [-0.3, -0.25) is 4.90 Å². The highest BCUT2D eigenvalue weighted by atomic mass is 16.4. The Balaban J connectivity index is 1.91. The highest BCUT2D eigenvalue weighted by molar-refractivity contribution is 5.64. The predicted octanol–water partition coefficient (Wildman–Crippen LogP) is 1.14. The first kappa shape index (κ1) is 13.8. The van der Waals surface area contributed by atoms with E-state index in [-0.39, 0.29) is 18.6 Å². The van der Waals surface area contributed by atoms with E-state index in [0.29, 0.717) is 6.54 Å². The standard InChI is InChI=1S/C14H20N2O3/c17-10-13-6-12(7-15-14(18)19)9-16(13)8-11-4-2-1-3-5-11/h1-5,12-13,15,17H,6-10H2,(H,18,19)/t12-,13-/m0/s1. The Morgan fingerprint density at radius 3 is 2.74 bits per heavy atom. The summed E-state index contributed by atoms with van der Waals surface area (Å²) in [6.07, 6.45) is -0.147. The molecular weight excluding hydrogens is 244 g/mol. The van der Waals surface area contributed by atoms with Gasteiger partial charge in [-0.05, 0) is 17.9 Å². The van der Waals surface area contributed by atoms with E-state index in [1.54, 1.807) is 0 Å². The number of amides is 1. The summed E-state index contributed by atoms with van der Waals surface area (Å²) in [7, 11) is 0. The lowest BCUT2D eigenvalue weighted by molar-refractivity contribution is 0.153. The maximum Gasteiger partial charge on any atom is 0.404 e. The van der Waals surface area contributed by atoms with Crippen molar-refractivity contribution in [3.8, 4) is 0 Å². The molecule has 1 saturated heterocycles. The topological polar surface area (TPSA) is 72.8 Å². The molecule has 1 heterocycles. The van der Waals surface area contributed by atoms with Crippen molar-refractivity contribution < 1.29 is 15.0 Å². The molecule has 1 aromatic rings. The summed E-state index contributed by atoms with van der Waals surface area (Å²) < 4.78 is 0. The van der Waals surface area contributed by atoms with Crippen LogP contribution >= 0.6 is 0 Å². The van der Waals surface area contributed by atoms with Crippen molar-refractivity contribution in [1.29, 1.82) is 0 Å². The highest BCUT2D eigenvalue weighted by Crippen LogP contribution is 2.24. The summed E-state index contributed by atoms with van der Waals surface area (Å²) in [6, 6.07) is 10.2. The Labute approximate surface area is 112 Å². The molecule has 5 heteroatoms.